The van der Waals surface area contributed by atoms with Gasteiger partial charge in [-0.3, -0.25) is 4.79 Å². The average Bonchev–Trinajstić information content (AvgIpc) is 2.55. The fraction of sp³-hybridized carbons (Fsp3) is 0.278. The average molecular weight is 299 g/mol. The van der Waals surface area contributed by atoms with Crippen molar-refractivity contribution in [3.63, 3.8) is 0 Å². The molecular formula is C18H21NO3. The molecule has 0 aliphatic heterocycles. The van der Waals surface area contributed by atoms with Crippen molar-refractivity contribution >= 4 is 5.91 Å². The normalized spacial score (nSPS) is 13.4. The van der Waals surface area contributed by atoms with Gasteiger partial charge in [0.15, 0.2) is 0 Å². The van der Waals surface area contributed by atoms with Crippen LogP contribution in [-0.4, -0.2) is 28.8 Å². The molecule has 2 rings (SSSR count). The van der Waals surface area contributed by atoms with Gasteiger partial charge in [-0.1, -0.05) is 60.7 Å². The summed E-state index contributed by atoms with van der Waals surface area (Å²) in [4.78, 5) is 11.8. The number of amides is 1. The minimum atomic E-state index is -0.826. The van der Waals surface area contributed by atoms with Crippen molar-refractivity contribution in [2.24, 2.45) is 0 Å². The van der Waals surface area contributed by atoms with Gasteiger partial charge in [-0.15, -0.1) is 0 Å². The summed E-state index contributed by atoms with van der Waals surface area (Å²) in [7, 11) is 0. The van der Waals surface area contributed by atoms with Gasteiger partial charge in [0.05, 0.1) is 18.6 Å². The maximum Gasteiger partial charge on any atom is 0.223 e. The number of aliphatic hydroxyl groups excluding tert-OH is 2. The van der Waals surface area contributed by atoms with Crippen LogP contribution in [0.2, 0.25) is 0 Å². The lowest BCUT2D eigenvalue weighted by molar-refractivity contribution is -0.123. The van der Waals surface area contributed by atoms with E-state index in [9.17, 15) is 15.0 Å². The second-order valence-electron chi connectivity index (χ2n) is 5.28. The largest absolute Gasteiger partial charge is 0.391 e. The van der Waals surface area contributed by atoms with Crippen LogP contribution in [-0.2, 0) is 11.2 Å². The second-order valence-corrected chi connectivity index (χ2v) is 5.28. The van der Waals surface area contributed by atoms with Crippen LogP contribution in [0.1, 0.15) is 23.7 Å². The molecule has 0 spiro atoms. The molecule has 0 saturated carbocycles. The Morgan fingerprint density at radius 3 is 2.18 bits per heavy atom. The van der Waals surface area contributed by atoms with Crippen molar-refractivity contribution in [3.8, 4) is 0 Å². The number of benzene rings is 2. The monoisotopic (exact) mass is 299 g/mol. The summed E-state index contributed by atoms with van der Waals surface area (Å²) in [6.07, 6.45) is -0.988. The number of hydrogen-bond donors (Lipinski definition) is 3. The Hall–Kier alpha value is -2.17. The van der Waals surface area contributed by atoms with Gasteiger partial charge in [0.25, 0.3) is 0 Å². The van der Waals surface area contributed by atoms with Gasteiger partial charge in [0, 0.05) is 13.0 Å². The maximum atomic E-state index is 11.8. The Kier molecular flexibility index (Phi) is 6.13. The summed E-state index contributed by atoms with van der Waals surface area (Å²) in [5.41, 5.74) is 1.73. The van der Waals surface area contributed by atoms with Gasteiger partial charge in [-0.05, 0) is 11.1 Å². The quantitative estimate of drug-likeness (QED) is 0.730. The molecule has 4 nitrogen and oxygen atoms in total. The zero-order valence-corrected chi connectivity index (χ0v) is 12.4. The molecule has 4 heteroatoms. The molecule has 0 fully saturated rings. The van der Waals surface area contributed by atoms with Crippen LogP contribution in [0, 0.1) is 0 Å². The summed E-state index contributed by atoms with van der Waals surface area (Å²) in [5.74, 6) is -0.275. The molecule has 0 aliphatic carbocycles. The van der Waals surface area contributed by atoms with Gasteiger partial charge in [0.1, 0.15) is 0 Å². The van der Waals surface area contributed by atoms with Crippen molar-refractivity contribution in [2.45, 2.75) is 25.0 Å². The zero-order chi connectivity index (χ0) is 15.8. The molecule has 0 saturated heterocycles. The molecule has 22 heavy (non-hydrogen) atoms. The van der Waals surface area contributed by atoms with E-state index >= 15 is 0 Å². The predicted octanol–water partition coefficient (Wildman–Crippen LogP) is 1.83. The Labute approximate surface area is 130 Å². The Bertz CT molecular complexity index is 571. The first-order valence-electron chi connectivity index (χ1n) is 7.37. The molecule has 0 aromatic heterocycles. The first-order chi connectivity index (χ1) is 10.6. The first-order valence-corrected chi connectivity index (χ1v) is 7.37. The molecule has 116 valence electrons. The van der Waals surface area contributed by atoms with Crippen molar-refractivity contribution in [1.29, 1.82) is 0 Å². The van der Waals surface area contributed by atoms with E-state index in [1.807, 2.05) is 48.5 Å². The summed E-state index contributed by atoms with van der Waals surface area (Å²) in [5, 5.41) is 22.5. The van der Waals surface area contributed by atoms with Crippen LogP contribution in [0.3, 0.4) is 0 Å². The first kappa shape index (κ1) is 16.2. The third-order valence-electron chi connectivity index (χ3n) is 3.41. The Balaban J connectivity index is 1.73. The number of hydrogen-bond acceptors (Lipinski definition) is 3. The molecular weight excluding hydrogens is 278 g/mol. The molecule has 3 N–H and O–H groups in total. The maximum absolute atomic E-state index is 11.8. The number of carbonyl (C=O) groups is 1. The van der Waals surface area contributed by atoms with E-state index in [1.165, 1.54) is 0 Å². The van der Waals surface area contributed by atoms with Gasteiger partial charge < -0.3 is 15.5 Å². The van der Waals surface area contributed by atoms with Crippen LogP contribution in [0.5, 0.6) is 0 Å². The second kappa shape index (κ2) is 8.32. The standard InChI is InChI=1S/C18H21NO3/c20-16(11-14-7-3-1-4-8-14)13-19-18(22)12-17(21)15-9-5-2-6-10-15/h1-10,16-17,20-21H,11-13H2,(H,19,22). The third kappa shape index (κ3) is 5.31. The van der Waals surface area contributed by atoms with Crippen LogP contribution in [0.25, 0.3) is 0 Å². The van der Waals surface area contributed by atoms with Gasteiger partial charge >= 0.3 is 0 Å². The smallest absolute Gasteiger partial charge is 0.223 e. The van der Waals surface area contributed by atoms with E-state index in [-0.39, 0.29) is 18.9 Å². The SMILES string of the molecule is O=C(CC(O)c1ccccc1)NCC(O)Cc1ccccc1. The van der Waals surface area contributed by atoms with Crippen molar-refractivity contribution in [2.75, 3.05) is 6.54 Å². The van der Waals surface area contributed by atoms with Crippen LogP contribution in [0.15, 0.2) is 60.7 Å². The van der Waals surface area contributed by atoms with Crippen LogP contribution < -0.4 is 5.32 Å². The Morgan fingerprint density at radius 2 is 1.55 bits per heavy atom. The molecule has 0 radical (unpaired) electrons. The minimum Gasteiger partial charge on any atom is -0.391 e. The lowest BCUT2D eigenvalue weighted by Crippen LogP contribution is -2.33. The Morgan fingerprint density at radius 1 is 0.955 bits per heavy atom. The summed E-state index contributed by atoms with van der Waals surface area (Å²) >= 11 is 0. The number of carbonyl (C=O) groups excluding carboxylic acids is 1. The highest BCUT2D eigenvalue weighted by molar-refractivity contribution is 5.76. The summed E-state index contributed by atoms with van der Waals surface area (Å²) in [6, 6.07) is 18.7. The highest BCUT2D eigenvalue weighted by Crippen LogP contribution is 2.15. The molecule has 0 heterocycles. The van der Waals surface area contributed by atoms with E-state index in [4.69, 9.17) is 0 Å². The van der Waals surface area contributed by atoms with Crippen LogP contribution in [0.4, 0.5) is 0 Å². The van der Waals surface area contributed by atoms with Crippen molar-refractivity contribution in [1.82, 2.24) is 5.32 Å². The molecule has 2 atom stereocenters. The zero-order valence-electron chi connectivity index (χ0n) is 12.4. The number of aliphatic hydroxyl groups is 2. The van der Waals surface area contributed by atoms with E-state index in [0.29, 0.717) is 12.0 Å². The lowest BCUT2D eigenvalue weighted by atomic mass is 10.1. The summed E-state index contributed by atoms with van der Waals surface area (Å²) < 4.78 is 0. The van der Waals surface area contributed by atoms with Gasteiger partial charge in [-0.2, -0.15) is 0 Å². The minimum absolute atomic E-state index is 0.0118. The molecule has 0 bridgehead atoms. The van der Waals surface area contributed by atoms with Gasteiger partial charge in [-0.25, -0.2) is 0 Å². The fourth-order valence-corrected chi connectivity index (χ4v) is 2.23. The molecule has 2 aromatic carbocycles. The third-order valence-corrected chi connectivity index (χ3v) is 3.41. The fourth-order valence-electron chi connectivity index (χ4n) is 2.23. The highest BCUT2D eigenvalue weighted by Gasteiger charge is 2.14. The number of rotatable bonds is 7. The lowest BCUT2D eigenvalue weighted by Gasteiger charge is -2.14. The van der Waals surface area contributed by atoms with Crippen LogP contribution >= 0.6 is 0 Å². The van der Waals surface area contributed by atoms with E-state index < -0.39 is 12.2 Å². The van der Waals surface area contributed by atoms with E-state index in [0.717, 1.165) is 5.56 Å². The van der Waals surface area contributed by atoms with E-state index in [1.54, 1.807) is 12.1 Å². The topological polar surface area (TPSA) is 69.6 Å². The highest BCUT2D eigenvalue weighted by atomic mass is 16.3. The van der Waals surface area contributed by atoms with Crippen molar-refractivity contribution in [3.05, 3.63) is 71.8 Å². The predicted molar refractivity (Wildman–Crippen MR) is 85.2 cm³/mol. The van der Waals surface area contributed by atoms with Gasteiger partial charge in [0.2, 0.25) is 5.91 Å². The number of nitrogens with one attached hydrogen (secondary N) is 1. The molecule has 1 amide bonds. The molecule has 2 aromatic rings. The molecule has 2 unspecified atom stereocenters. The van der Waals surface area contributed by atoms with E-state index in [2.05, 4.69) is 5.32 Å². The molecule has 0 aliphatic rings. The summed E-state index contributed by atoms with van der Waals surface area (Å²) in [6.45, 7) is 0.176. The van der Waals surface area contributed by atoms with Crippen molar-refractivity contribution < 1.29 is 15.0 Å².